The number of aliphatic hydroxyl groups is 1. The number of benzene rings is 1. The van der Waals surface area contributed by atoms with Crippen molar-refractivity contribution in [2.75, 3.05) is 26.2 Å². The van der Waals surface area contributed by atoms with Crippen LogP contribution in [0.5, 0.6) is 0 Å². The molecule has 1 fully saturated rings. The van der Waals surface area contributed by atoms with Gasteiger partial charge in [0.2, 0.25) is 0 Å². The standard InChI is InChI=1S/C17H26F2N2O/c1-12-5-7-21(8-6-12)11-15(22)10-20-13(2)14-3-4-16(18)17(19)9-14/h3-4,9,12-13,15,20,22H,5-8,10-11H2,1-2H3. The van der Waals surface area contributed by atoms with E-state index in [1.807, 2.05) is 6.92 Å². The van der Waals surface area contributed by atoms with E-state index in [1.54, 1.807) is 6.07 Å². The third-order valence-corrected chi connectivity index (χ3v) is 4.45. The first kappa shape index (κ1) is 17.3. The maximum absolute atomic E-state index is 13.2. The van der Waals surface area contributed by atoms with E-state index >= 15 is 0 Å². The van der Waals surface area contributed by atoms with Gasteiger partial charge in [-0.25, -0.2) is 8.78 Å². The summed E-state index contributed by atoms with van der Waals surface area (Å²) in [6.07, 6.45) is 1.91. The molecule has 1 heterocycles. The van der Waals surface area contributed by atoms with Crippen LogP contribution in [-0.4, -0.2) is 42.3 Å². The number of piperidine rings is 1. The Morgan fingerprint density at radius 2 is 1.95 bits per heavy atom. The first-order chi connectivity index (χ1) is 10.5. The van der Waals surface area contributed by atoms with Crippen LogP contribution < -0.4 is 5.32 Å². The minimum absolute atomic E-state index is 0.133. The molecule has 0 spiro atoms. The number of β-amino-alcohol motifs (C(OH)–C–C–N with tert-alkyl or cyclic N) is 1. The van der Waals surface area contributed by atoms with Crippen LogP contribution in [0.3, 0.4) is 0 Å². The van der Waals surface area contributed by atoms with Gasteiger partial charge in [0.05, 0.1) is 6.10 Å². The van der Waals surface area contributed by atoms with Crippen molar-refractivity contribution in [1.82, 2.24) is 10.2 Å². The summed E-state index contributed by atoms with van der Waals surface area (Å²) >= 11 is 0. The SMILES string of the molecule is CC1CCN(CC(O)CNC(C)c2ccc(F)c(F)c2)CC1. The topological polar surface area (TPSA) is 35.5 Å². The number of hydrogen-bond acceptors (Lipinski definition) is 3. The molecule has 22 heavy (non-hydrogen) atoms. The van der Waals surface area contributed by atoms with Crippen LogP contribution in [0.25, 0.3) is 0 Å². The molecule has 0 aromatic heterocycles. The average Bonchev–Trinajstić information content (AvgIpc) is 2.50. The highest BCUT2D eigenvalue weighted by molar-refractivity contribution is 5.20. The molecule has 2 rings (SSSR count). The molecule has 1 aliphatic rings. The molecule has 1 aromatic carbocycles. The Balaban J connectivity index is 1.75. The van der Waals surface area contributed by atoms with Crippen LogP contribution in [0.2, 0.25) is 0 Å². The molecule has 0 saturated carbocycles. The molecule has 124 valence electrons. The van der Waals surface area contributed by atoms with Crippen LogP contribution in [0.4, 0.5) is 8.78 Å². The maximum atomic E-state index is 13.2. The summed E-state index contributed by atoms with van der Waals surface area (Å²) in [6.45, 7) is 7.31. The maximum Gasteiger partial charge on any atom is 0.159 e. The van der Waals surface area contributed by atoms with Crippen LogP contribution in [0.1, 0.15) is 38.3 Å². The van der Waals surface area contributed by atoms with Gasteiger partial charge in [0.15, 0.2) is 11.6 Å². The van der Waals surface area contributed by atoms with E-state index in [0.29, 0.717) is 18.7 Å². The van der Waals surface area contributed by atoms with Crippen molar-refractivity contribution in [2.24, 2.45) is 5.92 Å². The highest BCUT2D eigenvalue weighted by Crippen LogP contribution is 2.17. The molecule has 2 N–H and O–H groups in total. The lowest BCUT2D eigenvalue weighted by atomic mass is 9.99. The van der Waals surface area contributed by atoms with Gasteiger partial charge in [0.1, 0.15) is 0 Å². The molecule has 2 unspecified atom stereocenters. The van der Waals surface area contributed by atoms with Gasteiger partial charge in [-0.1, -0.05) is 13.0 Å². The zero-order valence-corrected chi connectivity index (χ0v) is 13.4. The van der Waals surface area contributed by atoms with E-state index in [4.69, 9.17) is 0 Å². The fourth-order valence-electron chi connectivity index (χ4n) is 2.82. The Hall–Kier alpha value is -1.04. The number of nitrogens with one attached hydrogen (secondary N) is 1. The first-order valence-corrected chi connectivity index (χ1v) is 8.04. The zero-order chi connectivity index (χ0) is 16.1. The first-order valence-electron chi connectivity index (χ1n) is 8.04. The average molecular weight is 312 g/mol. The van der Waals surface area contributed by atoms with Crippen molar-refractivity contribution >= 4 is 0 Å². The molecule has 2 atom stereocenters. The van der Waals surface area contributed by atoms with Crippen molar-refractivity contribution in [1.29, 1.82) is 0 Å². The number of aliphatic hydroxyl groups excluding tert-OH is 1. The Labute approximate surface area is 131 Å². The second kappa shape index (κ2) is 7.99. The van der Waals surface area contributed by atoms with Gasteiger partial charge < -0.3 is 15.3 Å². The van der Waals surface area contributed by atoms with Crippen LogP contribution >= 0.6 is 0 Å². The molecule has 0 radical (unpaired) electrons. The third kappa shape index (κ3) is 5.00. The molecular weight excluding hydrogens is 286 g/mol. The number of halogens is 2. The summed E-state index contributed by atoms with van der Waals surface area (Å²) in [7, 11) is 0. The predicted octanol–water partition coefficient (Wildman–Crippen LogP) is 2.71. The molecule has 1 saturated heterocycles. The predicted molar refractivity (Wildman–Crippen MR) is 83.6 cm³/mol. The van der Waals surface area contributed by atoms with Crippen molar-refractivity contribution < 1.29 is 13.9 Å². The molecule has 0 bridgehead atoms. The van der Waals surface area contributed by atoms with Gasteiger partial charge >= 0.3 is 0 Å². The largest absolute Gasteiger partial charge is 0.390 e. The van der Waals surface area contributed by atoms with Gasteiger partial charge in [-0.3, -0.25) is 0 Å². The lowest BCUT2D eigenvalue weighted by Crippen LogP contribution is -2.42. The van der Waals surface area contributed by atoms with E-state index in [9.17, 15) is 13.9 Å². The summed E-state index contributed by atoms with van der Waals surface area (Å²) < 4.78 is 26.1. The van der Waals surface area contributed by atoms with Gasteiger partial charge in [-0.15, -0.1) is 0 Å². The number of hydrogen-bond donors (Lipinski definition) is 2. The molecule has 0 aliphatic carbocycles. The van der Waals surface area contributed by atoms with Crippen molar-refractivity contribution in [3.05, 3.63) is 35.4 Å². The summed E-state index contributed by atoms with van der Waals surface area (Å²) in [5, 5.41) is 13.3. The minimum atomic E-state index is -0.839. The normalized spacial score (nSPS) is 20.0. The minimum Gasteiger partial charge on any atom is -0.390 e. The second-order valence-corrected chi connectivity index (χ2v) is 6.44. The zero-order valence-electron chi connectivity index (χ0n) is 13.4. The van der Waals surface area contributed by atoms with E-state index in [1.165, 1.54) is 18.9 Å². The molecule has 1 aliphatic heterocycles. The molecular formula is C17H26F2N2O. The summed E-state index contributed by atoms with van der Waals surface area (Å²) in [5.74, 6) is -0.899. The van der Waals surface area contributed by atoms with Crippen LogP contribution in [0, 0.1) is 17.6 Å². The summed E-state index contributed by atoms with van der Waals surface area (Å²) in [4.78, 5) is 2.29. The fourth-order valence-corrected chi connectivity index (χ4v) is 2.82. The Bertz CT molecular complexity index is 476. The molecule has 3 nitrogen and oxygen atoms in total. The lowest BCUT2D eigenvalue weighted by Gasteiger charge is -2.32. The van der Waals surface area contributed by atoms with Gasteiger partial charge in [-0.05, 0) is 56.5 Å². The smallest absolute Gasteiger partial charge is 0.159 e. The monoisotopic (exact) mass is 312 g/mol. The molecule has 5 heteroatoms. The van der Waals surface area contributed by atoms with Gasteiger partial charge in [0, 0.05) is 19.1 Å². The van der Waals surface area contributed by atoms with Crippen molar-refractivity contribution in [3.8, 4) is 0 Å². The van der Waals surface area contributed by atoms with Crippen LogP contribution in [0.15, 0.2) is 18.2 Å². The number of rotatable bonds is 6. The van der Waals surface area contributed by atoms with Gasteiger partial charge in [-0.2, -0.15) is 0 Å². The fraction of sp³-hybridized carbons (Fsp3) is 0.647. The third-order valence-electron chi connectivity index (χ3n) is 4.45. The summed E-state index contributed by atoms with van der Waals surface area (Å²) in [5.41, 5.74) is 0.679. The highest BCUT2D eigenvalue weighted by atomic mass is 19.2. The van der Waals surface area contributed by atoms with E-state index in [2.05, 4.69) is 17.1 Å². The second-order valence-electron chi connectivity index (χ2n) is 6.44. The Morgan fingerprint density at radius 3 is 2.59 bits per heavy atom. The van der Waals surface area contributed by atoms with Crippen molar-refractivity contribution in [2.45, 2.75) is 38.8 Å². The molecule has 0 amide bonds. The molecule has 1 aromatic rings. The van der Waals surface area contributed by atoms with Crippen molar-refractivity contribution in [3.63, 3.8) is 0 Å². The van der Waals surface area contributed by atoms with E-state index in [0.717, 1.165) is 25.1 Å². The van der Waals surface area contributed by atoms with Crippen LogP contribution in [-0.2, 0) is 0 Å². The summed E-state index contributed by atoms with van der Waals surface area (Å²) in [6, 6.07) is 3.76. The quantitative estimate of drug-likeness (QED) is 0.848. The Kier molecular flexibility index (Phi) is 6.29. The lowest BCUT2D eigenvalue weighted by molar-refractivity contribution is 0.0892. The Morgan fingerprint density at radius 1 is 1.27 bits per heavy atom. The van der Waals surface area contributed by atoms with E-state index in [-0.39, 0.29) is 6.04 Å². The van der Waals surface area contributed by atoms with E-state index < -0.39 is 17.7 Å². The number of likely N-dealkylation sites (tertiary alicyclic amines) is 1. The van der Waals surface area contributed by atoms with Gasteiger partial charge in [0.25, 0.3) is 0 Å². The number of nitrogens with zero attached hydrogens (tertiary/aromatic N) is 1. The highest BCUT2D eigenvalue weighted by Gasteiger charge is 2.18.